The Bertz CT molecular complexity index is 1840. The number of hydrogen-bond acceptors (Lipinski definition) is 0. The minimum absolute atomic E-state index is 0. The normalized spacial score (nSPS) is 12.6. The van der Waals surface area contributed by atoms with E-state index in [-0.39, 0.29) is 37.0 Å². The summed E-state index contributed by atoms with van der Waals surface area (Å²) in [5.41, 5.74) is 11.4. The summed E-state index contributed by atoms with van der Waals surface area (Å²) in [4.78, 5) is 0. The van der Waals surface area contributed by atoms with Gasteiger partial charge in [-0.25, -0.2) is 0 Å². The summed E-state index contributed by atoms with van der Waals surface area (Å²) in [6, 6.07) is 37.6. The monoisotopic (exact) mass is 696 g/mol. The van der Waals surface area contributed by atoms with Gasteiger partial charge in [0, 0.05) is 8.07 Å². The van der Waals surface area contributed by atoms with Gasteiger partial charge < -0.3 is 0 Å². The van der Waals surface area contributed by atoms with E-state index in [9.17, 15) is 0 Å². The molecule has 0 saturated heterocycles. The molecule has 0 spiro atoms. The van der Waals surface area contributed by atoms with Crippen LogP contribution >= 0.6 is 0 Å². The maximum absolute atomic E-state index is 2.62. The number of aryl methyl sites for hydroxylation is 2. The SMILES string of the molecule is CCc1[cH-]c2cccc(-c3ccc(C(C)(C)C)cc3)c2c1[Si](C)(C)c1c(CC)[cH-]c2cccc(-c3ccc(C(C)(C)C)cc3)c12.[Zr+2]. The average molecular weight is 698 g/mol. The molecule has 0 saturated carbocycles. The minimum atomic E-state index is -2.22. The molecule has 0 radical (unpaired) electrons. The zero-order chi connectivity index (χ0) is 32.3. The Morgan fingerprint density at radius 1 is 0.522 bits per heavy atom. The third-order valence-electron chi connectivity index (χ3n) is 10.1. The van der Waals surface area contributed by atoms with Gasteiger partial charge in [0.1, 0.15) is 0 Å². The van der Waals surface area contributed by atoms with Crippen molar-refractivity contribution in [3.8, 4) is 22.3 Å². The Kier molecular flexibility index (Phi) is 9.51. The summed E-state index contributed by atoms with van der Waals surface area (Å²) in [6.45, 7) is 23.7. The summed E-state index contributed by atoms with van der Waals surface area (Å²) in [5.74, 6) is 0. The fraction of sp³-hybridized carbons (Fsp3) is 0.318. The van der Waals surface area contributed by atoms with Crippen molar-refractivity contribution in [2.45, 2.75) is 92.2 Å². The molecule has 6 rings (SSSR count). The molecule has 0 bridgehead atoms. The van der Waals surface area contributed by atoms with Crippen LogP contribution in [0.3, 0.4) is 0 Å². The zero-order valence-corrected chi connectivity index (χ0v) is 33.1. The molecule has 6 aromatic carbocycles. The molecule has 0 nitrogen and oxygen atoms in total. The molecule has 0 heterocycles. The van der Waals surface area contributed by atoms with Crippen molar-refractivity contribution in [3.05, 3.63) is 119 Å². The number of hydrogen-bond donors (Lipinski definition) is 0. The fourth-order valence-electron chi connectivity index (χ4n) is 7.67. The average Bonchev–Trinajstić information content (AvgIpc) is 3.60. The van der Waals surface area contributed by atoms with Gasteiger partial charge in [0.25, 0.3) is 0 Å². The van der Waals surface area contributed by atoms with Crippen molar-refractivity contribution < 1.29 is 26.2 Å². The van der Waals surface area contributed by atoms with Crippen LogP contribution in [0.15, 0.2) is 97.1 Å². The van der Waals surface area contributed by atoms with Crippen molar-refractivity contribution in [1.82, 2.24) is 0 Å². The van der Waals surface area contributed by atoms with Crippen LogP contribution in [-0.4, -0.2) is 8.07 Å². The summed E-state index contributed by atoms with van der Waals surface area (Å²) in [5, 5.41) is 8.94. The molecule has 0 atom stereocenters. The predicted molar refractivity (Wildman–Crippen MR) is 203 cm³/mol. The first kappa shape index (κ1) is 34.5. The molecule has 0 N–H and O–H groups in total. The van der Waals surface area contributed by atoms with Crippen molar-refractivity contribution in [1.29, 1.82) is 0 Å². The Labute approximate surface area is 298 Å². The molecule has 0 aliphatic carbocycles. The summed E-state index contributed by atoms with van der Waals surface area (Å²) in [6.07, 6.45) is 2.09. The van der Waals surface area contributed by atoms with Gasteiger partial charge in [-0.05, 0) is 45.9 Å². The molecule has 0 unspecified atom stereocenters. The quantitative estimate of drug-likeness (QED) is 0.120. The predicted octanol–water partition coefficient (Wildman–Crippen LogP) is 11.3. The molecule has 0 aromatic heterocycles. The van der Waals surface area contributed by atoms with Gasteiger partial charge in [-0.15, -0.1) is 69.1 Å². The molecule has 0 amide bonds. The van der Waals surface area contributed by atoms with Gasteiger partial charge in [0.2, 0.25) is 0 Å². The molecule has 234 valence electrons. The van der Waals surface area contributed by atoms with Gasteiger partial charge in [0.05, 0.1) is 0 Å². The van der Waals surface area contributed by atoms with E-state index in [0.29, 0.717) is 0 Å². The van der Waals surface area contributed by atoms with E-state index in [1.165, 1.54) is 66.1 Å². The second-order valence-corrected chi connectivity index (χ2v) is 19.9. The van der Waals surface area contributed by atoms with Crippen molar-refractivity contribution in [2.24, 2.45) is 0 Å². The third kappa shape index (κ3) is 6.02. The van der Waals surface area contributed by atoms with Crippen LogP contribution in [0, 0.1) is 0 Å². The molecule has 6 aromatic rings. The van der Waals surface area contributed by atoms with E-state index >= 15 is 0 Å². The second-order valence-electron chi connectivity index (χ2n) is 15.6. The maximum Gasteiger partial charge on any atom is 2.00 e. The van der Waals surface area contributed by atoms with Crippen LogP contribution in [0.1, 0.15) is 77.6 Å². The topological polar surface area (TPSA) is 0 Å². The molecule has 0 aliphatic rings. The molecule has 0 fully saturated rings. The van der Waals surface area contributed by atoms with Crippen molar-refractivity contribution >= 4 is 40.0 Å². The summed E-state index contributed by atoms with van der Waals surface area (Å²) >= 11 is 0. The molecular formula is C44H50SiZr. The van der Waals surface area contributed by atoms with E-state index in [1.807, 2.05) is 0 Å². The van der Waals surface area contributed by atoms with Gasteiger partial charge in [-0.1, -0.05) is 140 Å². The number of fused-ring (bicyclic) bond motifs is 2. The first-order valence-electron chi connectivity index (χ1n) is 16.9. The van der Waals surface area contributed by atoms with Crippen LogP contribution < -0.4 is 10.4 Å². The second kappa shape index (κ2) is 12.7. The van der Waals surface area contributed by atoms with Crippen LogP contribution in [0.25, 0.3) is 43.8 Å². The Morgan fingerprint density at radius 3 is 1.17 bits per heavy atom. The van der Waals surface area contributed by atoms with Gasteiger partial charge in [0.15, 0.2) is 0 Å². The van der Waals surface area contributed by atoms with Crippen molar-refractivity contribution in [2.75, 3.05) is 0 Å². The van der Waals surface area contributed by atoms with E-state index in [1.54, 1.807) is 10.4 Å². The number of benzene rings is 4. The van der Waals surface area contributed by atoms with Crippen molar-refractivity contribution in [3.63, 3.8) is 0 Å². The van der Waals surface area contributed by atoms with Crippen LogP contribution in [0.5, 0.6) is 0 Å². The Morgan fingerprint density at radius 2 is 0.870 bits per heavy atom. The standard InChI is InChI=1S/C44H50Si.Zr/c1-11-29-27-33-15-13-17-37(31-19-23-35(24-20-31)43(3,4)5)39(33)41(29)45(9,10)42-30(12-2)28-34-16-14-18-38(40(34)42)32-21-25-36(26-22-32)44(6,7)8;/h13-28H,11-12H2,1-10H3;/q-2;+2. The van der Waals surface area contributed by atoms with Gasteiger partial charge in [-0.3, -0.25) is 0 Å². The molecule has 46 heavy (non-hydrogen) atoms. The van der Waals surface area contributed by atoms with Gasteiger partial charge >= 0.3 is 26.2 Å². The largest absolute Gasteiger partial charge is 2.00 e. The zero-order valence-electron chi connectivity index (χ0n) is 29.7. The van der Waals surface area contributed by atoms with Crippen LogP contribution in [0.4, 0.5) is 0 Å². The van der Waals surface area contributed by atoms with E-state index < -0.39 is 8.07 Å². The summed E-state index contributed by atoms with van der Waals surface area (Å²) < 4.78 is 0. The smallest absolute Gasteiger partial charge is 0.158 e. The van der Waals surface area contributed by atoms with Gasteiger partial charge in [-0.2, -0.15) is 10.4 Å². The molecule has 2 heteroatoms. The Balaban J connectivity index is 0.00000417. The van der Waals surface area contributed by atoms with Crippen LogP contribution in [0.2, 0.25) is 13.1 Å². The Hall–Kier alpha value is -2.80. The third-order valence-corrected chi connectivity index (χ3v) is 13.8. The van der Waals surface area contributed by atoms with Crippen LogP contribution in [-0.2, 0) is 49.9 Å². The number of rotatable bonds is 6. The minimum Gasteiger partial charge on any atom is -0.158 e. The van der Waals surface area contributed by atoms with E-state index in [4.69, 9.17) is 0 Å². The summed E-state index contributed by atoms with van der Waals surface area (Å²) in [7, 11) is -2.22. The molecular weight excluding hydrogens is 648 g/mol. The fourth-order valence-corrected chi connectivity index (χ4v) is 11.8. The molecule has 0 aliphatic heterocycles. The van der Waals surface area contributed by atoms with E-state index in [2.05, 4.69) is 166 Å². The first-order chi connectivity index (χ1) is 21.3. The first-order valence-corrected chi connectivity index (χ1v) is 19.9. The van der Waals surface area contributed by atoms with E-state index in [0.717, 1.165) is 12.8 Å². The maximum atomic E-state index is 2.62.